The van der Waals surface area contributed by atoms with Gasteiger partial charge in [0.1, 0.15) is 5.75 Å². The summed E-state index contributed by atoms with van der Waals surface area (Å²) in [7, 11) is 0. The quantitative estimate of drug-likeness (QED) is 0.612. The van der Waals surface area contributed by atoms with Crippen molar-refractivity contribution in [3.63, 3.8) is 0 Å². The fourth-order valence-electron chi connectivity index (χ4n) is 4.35. The zero-order valence-corrected chi connectivity index (χ0v) is 18.0. The number of aromatic nitrogens is 1. The highest BCUT2D eigenvalue weighted by Crippen LogP contribution is 2.39. The summed E-state index contributed by atoms with van der Waals surface area (Å²) < 4.78 is 33.8. The molecule has 2 aliphatic rings. The summed E-state index contributed by atoms with van der Waals surface area (Å²) in [4.78, 5) is 20.3. The fourth-order valence-corrected chi connectivity index (χ4v) is 5.56. The van der Waals surface area contributed by atoms with Crippen LogP contribution in [-0.2, 0) is 0 Å². The van der Waals surface area contributed by atoms with Crippen molar-refractivity contribution < 1.29 is 18.3 Å². The molecule has 4 heterocycles. The minimum atomic E-state index is -2.60. The Morgan fingerprint density at radius 1 is 1.26 bits per heavy atom. The van der Waals surface area contributed by atoms with E-state index >= 15 is 0 Å². The molecule has 2 aromatic heterocycles. The SMILES string of the molecule is Cc1c(C(=O)NC2CCOc3ccccc32)sc2c(N3CCC(F)(F)CC3)ccnc12. The Balaban J connectivity index is 1.43. The van der Waals surface area contributed by atoms with Crippen molar-refractivity contribution in [1.29, 1.82) is 0 Å². The molecule has 8 heteroatoms. The Bertz CT molecular complexity index is 1140. The molecule has 1 atom stereocenters. The van der Waals surface area contributed by atoms with Gasteiger partial charge >= 0.3 is 0 Å². The van der Waals surface area contributed by atoms with Gasteiger partial charge in [0.25, 0.3) is 11.8 Å². The van der Waals surface area contributed by atoms with Crippen LogP contribution in [0.25, 0.3) is 10.2 Å². The number of hydrogen-bond donors (Lipinski definition) is 1. The highest BCUT2D eigenvalue weighted by Gasteiger charge is 2.35. The maximum atomic E-state index is 13.6. The Morgan fingerprint density at radius 3 is 2.84 bits per heavy atom. The van der Waals surface area contributed by atoms with Gasteiger partial charge in [-0.15, -0.1) is 11.3 Å². The third-order valence-corrected chi connectivity index (χ3v) is 7.39. The molecule has 1 amide bonds. The van der Waals surface area contributed by atoms with Crippen LogP contribution in [0.15, 0.2) is 36.5 Å². The number of fused-ring (bicyclic) bond motifs is 2. The van der Waals surface area contributed by atoms with Crippen LogP contribution in [0.1, 0.15) is 46.1 Å². The highest BCUT2D eigenvalue weighted by molar-refractivity contribution is 7.21. The molecule has 0 bridgehead atoms. The molecule has 1 N–H and O–H groups in total. The van der Waals surface area contributed by atoms with Gasteiger partial charge in [0.2, 0.25) is 0 Å². The number of piperidine rings is 1. The summed E-state index contributed by atoms with van der Waals surface area (Å²) in [5.74, 6) is -1.93. The van der Waals surface area contributed by atoms with E-state index in [1.807, 2.05) is 42.2 Å². The average Bonchev–Trinajstić information content (AvgIpc) is 3.11. The number of anilines is 1. The van der Waals surface area contributed by atoms with E-state index in [1.54, 1.807) is 6.20 Å². The number of aryl methyl sites for hydroxylation is 1. The van der Waals surface area contributed by atoms with Crippen LogP contribution >= 0.6 is 11.3 Å². The summed E-state index contributed by atoms with van der Waals surface area (Å²) in [5, 5.41) is 3.15. The molecule has 1 aromatic carbocycles. The molecule has 2 aliphatic heterocycles. The zero-order chi connectivity index (χ0) is 21.6. The molecule has 162 valence electrons. The van der Waals surface area contributed by atoms with Gasteiger partial charge in [0.05, 0.1) is 33.4 Å². The van der Waals surface area contributed by atoms with Crippen molar-refractivity contribution in [2.75, 3.05) is 24.6 Å². The predicted molar refractivity (Wildman–Crippen MR) is 118 cm³/mol. The van der Waals surface area contributed by atoms with Crippen molar-refractivity contribution >= 4 is 33.1 Å². The van der Waals surface area contributed by atoms with E-state index in [2.05, 4.69) is 10.3 Å². The van der Waals surface area contributed by atoms with Gasteiger partial charge in [-0.25, -0.2) is 8.78 Å². The minimum absolute atomic E-state index is 0.112. The number of nitrogens with zero attached hydrogens (tertiary/aromatic N) is 2. The van der Waals surface area contributed by atoms with Crippen LogP contribution in [-0.4, -0.2) is 36.5 Å². The van der Waals surface area contributed by atoms with Gasteiger partial charge < -0.3 is 15.0 Å². The molecule has 5 nitrogen and oxygen atoms in total. The second kappa shape index (κ2) is 7.75. The third kappa shape index (κ3) is 3.73. The first-order valence-corrected chi connectivity index (χ1v) is 11.3. The Hall–Kier alpha value is -2.74. The van der Waals surface area contributed by atoms with Crippen LogP contribution in [0.2, 0.25) is 0 Å². The maximum absolute atomic E-state index is 13.6. The largest absolute Gasteiger partial charge is 0.493 e. The average molecular weight is 444 g/mol. The molecule has 1 fully saturated rings. The summed E-state index contributed by atoms with van der Waals surface area (Å²) in [6.07, 6.45) is 2.09. The lowest BCUT2D eigenvalue weighted by molar-refractivity contribution is -0.0220. The second-order valence-corrected chi connectivity index (χ2v) is 9.13. The van der Waals surface area contributed by atoms with E-state index < -0.39 is 5.92 Å². The van der Waals surface area contributed by atoms with Crippen LogP contribution in [0.4, 0.5) is 14.5 Å². The molecule has 1 saturated heterocycles. The van der Waals surface area contributed by atoms with E-state index in [9.17, 15) is 13.6 Å². The van der Waals surface area contributed by atoms with E-state index in [-0.39, 0.29) is 24.8 Å². The van der Waals surface area contributed by atoms with Gasteiger partial charge in [0.15, 0.2) is 0 Å². The summed E-state index contributed by atoms with van der Waals surface area (Å²) >= 11 is 1.39. The summed E-state index contributed by atoms with van der Waals surface area (Å²) in [6, 6.07) is 9.50. The van der Waals surface area contributed by atoms with Crippen molar-refractivity contribution in [3.8, 4) is 5.75 Å². The number of alkyl halides is 2. The first kappa shape index (κ1) is 20.2. The molecule has 0 spiro atoms. The zero-order valence-electron chi connectivity index (χ0n) is 17.2. The third-order valence-electron chi connectivity index (χ3n) is 6.09. The number of carbonyl (C=O) groups is 1. The lowest BCUT2D eigenvalue weighted by Crippen LogP contribution is -2.39. The van der Waals surface area contributed by atoms with Crippen LogP contribution in [0.5, 0.6) is 5.75 Å². The van der Waals surface area contributed by atoms with Crippen LogP contribution < -0.4 is 15.0 Å². The first-order chi connectivity index (χ1) is 14.9. The molecular weight excluding hydrogens is 420 g/mol. The lowest BCUT2D eigenvalue weighted by Gasteiger charge is -2.33. The molecule has 1 unspecified atom stereocenters. The number of pyridine rings is 1. The minimum Gasteiger partial charge on any atom is -0.493 e. The van der Waals surface area contributed by atoms with Crippen LogP contribution in [0, 0.1) is 6.92 Å². The standard InChI is InChI=1S/C23H23F2N3O2S/c1-14-19-21(17(6-10-26-19)28-11-8-23(24,25)9-12-28)31-20(14)22(29)27-16-7-13-30-18-5-3-2-4-15(16)18/h2-6,10,16H,7-9,11-13H2,1H3,(H,27,29). The number of ether oxygens (including phenoxy) is 1. The van der Waals surface area contributed by atoms with Gasteiger partial charge in [-0.2, -0.15) is 0 Å². The van der Waals surface area contributed by atoms with Gasteiger partial charge in [0, 0.05) is 44.1 Å². The van der Waals surface area contributed by atoms with E-state index in [0.29, 0.717) is 31.0 Å². The second-order valence-electron chi connectivity index (χ2n) is 8.11. The molecule has 0 aliphatic carbocycles. The molecule has 3 aromatic rings. The van der Waals surface area contributed by atoms with Crippen molar-refractivity contribution in [2.24, 2.45) is 0 Å². The summed E-state index contributed by atoms with van der Waals surface area (Å²) in [6.45, 7) is 3.04. The van der Waals surface area contributed by atoms with E-state index in [4.69, 9.17) is 4.74 Å². The van der Waals surface area contributed by atoms with Crippen molar-refractivity contribution in [1.82, 2.24) is 10.3 Å². The Kier molecular flexibility index (Phi) is 5.04. The van der Waals surface area contributed by atoms with E-state index in [0.717, 1.165) is 32.8 Å². The first-order valence-electron chi connectivity index (χ1n) is 10.5. The predicted octanol–water partition coefficient (Wildman–Crippen LogP) is 5.09. The topological polar surface area (TPSA) is 54.5 Å². The van der Waals surface area contributed by atoms with Crippen molar-refractivity contribution in [3.05, 3.63) is 52.5 Å². The number of amides is 1. The molecule has 0 radical (unpaired) electrons. The lowest BCUT2D eigenvalue weighted by atomic mass is 10.0. The van der Waals surface area contributed by atoms with E-state index in [1.165, 1.54) is 11.3 Å². The smallest absolute Gasteiger partial charge is 0.262 e. The Labute approximate surface area is 183 Å². The maximum Gasteiger partial charge on any atom is 0.262 e. The molecule has 31 heavy (non-hydrogen) atoms. The van der Waals surface area contributed by atoms with Crippen molar-refractivity contribution in [2.45, 2.75) is 38.2 Å². The van der Waals surface area contributed by atoms with Gasteiger partial charge in [-0.05, 0) is 24.6 Å². The number of thiophene rings is 1. The Morgan fingerprint density at radius 2 is 2.03 bits per heavy atom. The molecular formula is C23H23F2N3O2S. The normalized spacial score (nSPS) is 20.2. The number of benzene rings is 1. The number of rotatable bonds is 3. The van der Waals surface area contributed by atoms with Gasteiger partial charge in [-0.3, -0.25) is 9.78 Å². The highest BCUT2D eigenvalue weighted by atomic mass is 32.1. The van der Waals surface area contributed by atoms with Crippen LogP contribution in [0.3, 0.4) is 0 Å². The fraction of sp³-hybridized carbons (Fsp3) is 0.391. The summed E-state index contributed by atoms with van der Waals surface area (Å²) in [5.41, 5.74) is 3.44. The number of nitrogens with one attached hydrogen (secondary N) is 1. The molecule has 5 rings (SSSR count). The number of carbonyl (C=O) groups excluding carboxylic acids is 1. The number of halogens is 2. The monoisotopic (exact) mass is 443 g/mol. The molecule has 0 saturated carbocycles. The number of hydrogen-bond acceptors (Lipinski definition) is 5. The van der Waals surface area contributed by atoms with Gasteiger partial charge in [-0.1, -0.05) is 18.2 Å². The number of para-hydroxylation sites is 1.